The Morgan fingerprint density at radius 3 is 2.38 bits per heavy atom. The molecule has 1 aliphatic rings. The van der Waals surface area contributed by atoms with E-state index in [4.69, 9.17) is 0 Å². The minimum atomic E-state index is -0.869. The molecule has 0 unspecified atom stereocenters. The van der Waals surface area contributed by atoms with Crippen LogP contribution in [0.1, 0.15) is 23.2 Å². The minimum Gasteiger partial charge on any atom is -0.348 e. The van der Waals surface area contributed by atoms with Crippen molar-refractivity contribution in [3.8, 4) is 0 Å². The largest absolute Gasteiger partial charge is 0.348 e. The molecule has 168 valence electrons. The Labute approximate surface area is 183 Å². The maximum absolute atomic E-state index is 12.6. The van der Waals surface area contributed by atoms with Crippen LogP contribution in [0.4, 0.5) is 11.4 Å². The molecule has 0 saturated carbocycles. The van der Waals surface area contributed by atoms with Crippen molar-refractivity contribution in [1.82, 2.24) is 14.8 Å². The Bertz CT molecular complexity index is 1090. The summed E-state index contributed by atoms with van der Waals surface area (Å²) in [6.45, 7) is 1.18. The van der Waals surface area contributed by atoms with E-state index in [1.807, 2.05) is 0 Å². The molecule has 0 radical (unpaired) electrons. The van der Waals surface area contributed by atoms with E-state index in [0.29, 0.717) is 25.9 Å². The number of nitro benzene ring substituents is 1. The van der Waals surface area contributed by atoms with Crippen molar-refractivity contribution < 1.29 is 19.3 Å². The van der Waals surface area contributed by atoms with Gasteiger partial charge in [0, 0.05) is 50.7 Å². The summed E-state index contributed by atoms with van der Waals surface area (Å²) >= 11 is 0. The number of pyridine rings is 1. The third kappa shape index (κ3) is 5.36. The molecular formula is C21H23N5O6. The van der Waals surface area contributed by atoms with Crippen LogP contribution in [0.2, 0.25) is 0 Å². The van der Waals surface area contributed by atoms with Crippen molar-refractivity contribution in [2.24, 2.45) is 13.0 Å². The van der Waals surface area contributed by atoms with Crippen molar-refractivity contribution >= 4 is 29.1 Å². The van der Waals surface area contributed by atoms with E-state index in [9.17, 15) is 29.3 Å². The molecule has 1 aromatic heterocycles. The number of hydrogen-bond donors (Lipinski definition) is 2. The monoisotopic (exact) mass is 441 g/mol. The Morgan fingerprint density at radius 2 is 1.75 bits per heavy atom. The third-order valence-corrected chi connectivity index (χ3v) is 5.35. The molecule has 0 aliphatic carbocycles. The van der Waals surface area contributed by atoms with Crippen molar-refractivity contribution in [1.29, 1.82) is 0 Å². The number of amides is 3. The van der Waals surface area contributed by atoms with Crippen molar-refractivity contribution in [3.63, 3.8) is 0 Å². The molecular weight excluding hydrogens is 418 g/mol. The number of aryl methyl sites for hydroxylation is 1. The summed E-state index contributed by atoms with van der Waals surface area (Å²) in [6.07, 6.45) is 2.85. The Balaban J connectivity index is 1.45. The van der Waals surface area contributed by atoms with Gasteiger partial charge >= 0.3 is 11.8 Å². The smallest absolute Gasteiger partial charge is 0.313 e. The molecule has 1 fully saturated rings. The van der Waals surface area contributed by atoms with Gasteiger partial charge in [-0.1, -0.05) is 0 Å². The van der Waals surface area contributed by atoms with E-state index in [1.165, 1.54) is 34.9 Å². The first-order valence-electron chi connectivity index (χ1n) is 10.0. The third-order valence-electron chi connectivity index (χ3n) is 5.35. The molecule has 2 heterocycles. The van der Waals surface area contributed by atoms with Gasteiger partial charge in [0.05, 0.1) is 4.92 Å². The molecule has 0 spiro atoms. The molecule has 0 bridgehead atoms. The van der Waals surface area contributed by atoms with Crippen LogP contribution in [-0.2, 0) is 16.6 Å². The Hall–Kier alpha value is -4.02. The normalized spacial score (nSPS) is 14.0. The number of nitrogens with one attached hydrogen (secondary N) is 2. The summed E-state index contributed by atoms with van der Waals surface area (Å²) in [6, 6.07) is 8.31. The average molecular weight is 441 g/mol. The van der Waals surface area contributed by atoms with Gasteiger partial charge in [-0.05, 0) is 43.0 Å². The van der Waals surface area contributed by atoms with Gasteiger partial charge in [0.25, 0.3) is 17.2 Å². The molecule has 1 aromatic carbocycles. The molecule has 2 aromatic rings. The van der Waals surface area contributed by atoms with Gasteiger partial charge in [-0.2, -0.15) is 0 Å². The fraction of sp³-hybridized carbons (Fsp3) is 0.333. The van der Waals surface area contributed by atoms with Gasteiger partial charge in [-0.3, -0.25) is 29.3 Å². The summed E-state index contributed by atoms with van der Waals surface area (Å²) in [5, 5.41) is 15.6. The van der Waals surface area contributed by atoms with Gasteiger partial charge in [0.2, 0.25) is 0 Å². The zero-order valence-electron chi connectivity index (χ0n) is 17.4. The number of aromatic nitrogens is 1. The summed E-state index contributed by atoms with van der Waals surface area (Å²) in [7, 11) is 1.59. The Kier molecular flexibility index (Phi) is 6.98. The van der Waals surface area contributed by atoms with Crippen molar-refractivity contribution in [2.75, 3.05) is 25.0 Å². The maximum Gasteiger partial charge on any atom is 0.313 e. The second-order valence-corrected chi connectivity index (χ2v) is 7.54. The maximum atomic E-state index is 12.6. The van der Waals surface area contributed by atoms with Crippen LogP contribution in [0.15, 0.2) is 47.4 Å². The molecule has 1 aliphatic heterocycles. The summed E-state index contributed by atoms with van der Waals surface area (Å²) in [5.41, 5.74) is -0.0601. The van der Waals surface area contributed by atoms with Crippen LogP contribution in [0.5, 0.6) is 0 Å². The highest BCUT2D eigenvalue weighted by Crippen LogP contribution is 2.18. The molecule has 11 nitrogen and oxygen atoms in total. The lowest BCUT2D eigenvalue weighted by atomic mass is 9.96. The van der Waals surface area contributed by atoms with E-state index in [-0.39, 0.29) is 40.9 Å². The molecule has 3 amide bonds. The molecule has 11 heteroatoms. The fourth-order valence-electron chi connectivity index (χ4n) is 3.44. The highest BCUT2D eigenvalue weighted by Gasteiger charge is 2.26. The number of nitro groups is 1. The topological polar surface area (TPSA) is 144 Å². The number of non-ortho nitro benzene ring substituents is 1. The van der Waals surface area contributed by atoms with Crippen LogP contribution in [-0.4, -0.2) is 51.7 Å². The first kappa shape index (κ1) is 22.7. The zero-order chi connectivity index (χ0) is 23.3. The fourth-order valence-corrected chi connectivity index (χ4v) is 3.44. The average Bonchev–Trinajstić information content (AvgIpc) is 2.79. The van der Waals surface area contributed by atoms with Crippen LogP contribution in [0, 0.1) is 16.0 Å². The molecule has 0 atom stereocenters. The van der Waals surface area contributed by atoms with Crippen molar-refractivity contribution in [2.45, 2.75) is 12.8 Å². The lowest BCUT2D eigenvalue weighted by Crippen LogP contribution is -2.44. The summed E-state index contributed by atoms with van der Waals surface area (Å²) < 4.78 is 1.36. The van der Waals surface area contributed by atoms with Crippen LogP contribution >= 0.6 is 0 Å². The van der Waals surface area contributed by atoms with Gasteiger partial charge < -0.3 is 20.1 Å². The molecule has 2 N–H and O–H groups in total. The summed E-state index contributed by atoms with van der Waals surface area (Å²) in [4.78, 5) is 60.6. The Morgan fingerprint density at radius 1 is 1.09 bits per heavy atom. The van der Waals surface area contributed by atoms with Gasteiger partial charge in [-0.25, -0.2) is 0 Å². The summed E-state index contributed by atoms with van der Waals surface area (Å²) in [5.74, 6) is -1.90. The number of hydrogen-bond acceptors (Lipinski definition) is 6. The molecule has 32 heavy (non-hydrogen) atoms. The highest BCUT2D eigenvalue weighted by atomic mass is 16.6. The van der Waals surface area contributed by atoms with Gasteiger partial charge in [0.1, 0.15) is 5.56 Å². The van der Waals surface area contributed by atoms with E-state index in [0.717, 1.165) is 0 Å². The second-order valence-electron chi connectivity index (χ2n) is 7.54. The predicted molar refractivity (Wildman–Crippen MR) is 115 cm³/mol. The number of benzene rings is 1. The van der Waals surface area contributed by atoms with E-state index in [2.05, 4.69) is 10.6 Å². The van der Waals surface area contributed by atoms with E-state index >= 15 is 0 Å². The quantitative estimate of drug-likeness (QED) is 0.401. The van der Waals surface area contributed by atoms with Crippen LogP contribution in [0.25, 0.3) is 0 Å². The van der Waals surface area contributed by atoms with Crippen molar-refractivity contribution in [3.05, 3.63) is 68.6 Å². The predicted octanol–water partition coefficient (Wildman–Crippen LogP) is 0.901. The van der Waals surface area contributed by atoms with Gasteiger partial charge in [0.15, 0.2) is 0 Å². The SMILES string of the molecule is Cn1cccc(C(=O)N2CCC(CNC(=O)C(=O)Nc3ccc([N+](=O)[O-])cc3)CC2)c1=O. The number of piperidine rings is 1. The standard InChI is InChI=1S/C21H23N5O6/c1-24-10-2-3-17(20(24)29)21(30)25-11-8-14(9-12-25)13-22-18(27)19(28)23-15-4-6-16(7-5-15)26(31)32/h2-7,10,14H,8-9,11-13H2,1H3,(H,22,27)(H,23,28). The first-order valence-corrected chi connectivity index (χ1v) is 10.0. The van der Waals surface area contributed by atoms with Crippen LogP contribution in [0.3, 0.4) is 0 Å². The first-order chi connectivity index (χ1) is 15.3. The van der Waals surface area contributed by atoms with Gasteiger partial charge in [-0.15, -0.1) is 0 Å². The molecule has 1 saturated heterocycles. The number of carbonyl (C=O) groups excluding carboxylic acids is 3. The lowest BCUT2D eigenvalue weighted by Gasteiger charge is -2.32. The van der Waals surface area contributed by atoms with Crippen LogP contribution < -0.4 is 16.2 Å². The lowest BCUT2D eigenvalue weighted by molar-refractivity contribution is -0.384. The molecule has 3 rings (SSSR count). The van der Waals surface area contributed by atoms with E-state index < -0.39 is 16.7 Å². The number of rotatable bonds is 5. The number of anilines is 1. The second kappa shape index (κ2) is 9.86. The number of likely N-dealkylation sites (tertiary alicyclic amines) is 1. The highest BCUT2D eigenvalue weighted by molar-refractivity contribution is 6.39. The number of nitrogens with zero attached hydrogens (tertiary/aromatic N) is 3. The minimum absolute atomic E-state index is 0.0915. The van der Waals surface area contributed by atoms with E-state index in [1.54, 1.807) is 24.2 Å². The zero-order valence-corrected chi connectivity index (χ0v) is 17.4. The number of carbonyl (C=O) groups is 3.